The van der Waals surface area contributed by atoms with Crippen LogP contribution in [0.2, 0.25) is 0 Å². The minimum atomic E-state index is -0.192. The molecule has 1 heterocycles. The third-order valence-corrected chi connectivity index (χ3v) is 2.98. The summed E-state index contributed by atoms with van der Waals surface area (Å²) in [5, 5.41) is 16.3. The van der Waals surface area contributed by atoms with Crippen LogP contribution in [0.15, 0.2) is 12.3 Å². The van der Waals surface area contributed by atoms with Crippen molar-refractivity contribution >= 4 is 5.91 Å². The smallest absolute Gasteiger partial charge is 0.271 e. The maximum atomic E-state index is 11.8. The van der Waals surface area contributed by atoms with E-state index in [9.17, 15) is 9.90 Å². The summed E-state index contributed by atoms with van der Waals surface area (Å²) in [5.74, 6) is -0.123. The maximum absolute atomic E-state index is 11.8. The van der Waals surface area contributed by atoms with Gasteiger partial charge in [-0.1, -0.05) is 0 Å². The molecule has 0 aliphatic heterocycles. The second-order valence-corrected chi connectivity index (χ2v) is 4.35. The van der Waals surface area contributed by atoms with Crippen LogP contribution in [0.25, 0.3) is 0 Å². The van der Waals surface area contributed by atoms with Crippen molar-refractivity contribution in [3.05, 3.63) is 18.0 Å². The molecule has 2 rings (SSSR count). The van der Waals surface area contributed by atoms with Gasteiger partial charge in [0.2, 0.25) is 0 Å². The summed E-state index contributed by atoms with van der Waals surface area (Å²) in [6, 6.07) is 1.88. The Labute approximate surface area is 94.5 Å². The van der Waals surface area contributed by atoms with Crippen LogP contribution in [-0.4, -0.2) is 32.9 Å². The van der Waals surface area contributed by atoms with Gasteiger partial charge in [0.25, 0.3) is 5.91 Å². The van der Waals surface area contributed by atoms with E-state index in [4.69, 9.17) is 0 Å². The van der Waals surface area contributed by atoms with E-state index in [1.54, 1.807) is 24.0 Å². The Kier molecular flexibility index (Phi) is 3.24. The highest BCUT2D eigenvalue weighted by molar-refractivity contribution is 5.92. The number of rotatable bonds is 2. The van der Waals surface area contributed by atoms with Crippen molar-refractivity contribution in [2.45, 2.75) is 37.8 Å². The molecule has 0 bridgehead atoms. The minimum Gasteiger partial charge on any atom is -0.393 e. The maximum Gasteiger partial charge on any atom is 0.271 e. The average molecular weight is 223 g/mol. The number of aromatic nitrogens is 2. The molecule has 0 atom stereocenters. The summed E-state index contributed by atoms with van der Waals surface area (Å²) in [4.78, 5) is 11.8. The van der Waals surface area contributed by atoms with E-state index in [0.717, 1.165) is 25.7 Å². The molecule has 0 radical (unpaired) electrons. The van der Waals surface area contributed by atoms with E-state index in [1.165, 1.54) is 0 Å². The van der Waals surface area contributed by atoms with E-state index in [1.807, 2.05) is 0 Å². The summed E-state index contributed by atoms with van der Waals surface area (Å²) < 4.78 is 1.61. The Bertz CT molecular complexity index is 367. The first kappa shape index (κ1) is 11.1. The van der Waals surface area contributed by atoms with Crippen molar-refractivity contribution in [2.75, 3.05) is 0 Å². The van der Waals surface area contributed by atoms with Gasteiger partial charge in [-0.3, -0.25) is 9.48 Å². The number of aliphatic hydroxyl groups is 1. The number of aliphatic hydroxyl groups excluding tert-OH is 1. The molecule has 5 nitrogen and oxygen atoms in total. The van der Waals surface area contributed by atoms with Gasteiger partial charge in [-0.15, -0.1) is 0 Å². The van der Waals surface area contributed by atoms with Crippen molar-refractivity contribution in [2.24, 2.45) is 7.05 Å². The Morgan fingerprint density at radius 3 is 2.75 bits per heavy atom. The molecule has 2 N–H and O–H groups in total. The normalized spacial score (nSPS) is 25.4. The molecule has 1 saturated carbocycles. The summed E-state index contributed by atoms with van der Waals surface area (Å²) in [6.07, 6.45) is 4.79. The molecule has 0 spiro atoms. The molecule has 0 saturated heterocycles. The van der Waals surface area contributed by atoms with Gasteiger partial charge in [-0.25, -0.2) is 0 Å². The number of hydrogen-bond donors (Lipinski definition) is 2. The second kappa shape index (κ2) is 4.65. The highest BCUT2D eigenvalue weighted by Crippen LogP contribution is 2.18. The first-order chi connectivity index (χ1) is 7.65. The number of amides is 1. The summed E-state index contributed by atoms with van der Waals surface area (Å²) in [5.41, 5.74) is 0.452. The van der Waals surface area contributed by atoms with E-state index in [-0.39, 0.29) is 18.1 Å². The number of nitrogens with one attached hydrogen (secondary N) is 1. The zero-order valence-corrected chi connectivity index (χ0v) is 9.39. The average Bonchev–Trinajstić information content (AvgIpc) is 2.68. The molecule has 1 aromatic rings. The zero-order valence-electron chi connectivity index (χ0n) is 9.39. The largest absolute Gasteiger partial charge is 0.393 e. The third-order valence-electron chi connectivity index (χ3n) is 2.98. The standard InChI is InChI=1S/C11H17N3O2/c1-14-7-6-10(13-14)11(16)12-8-2-4-9(15)5-3-8/h6-9,15H,2-5H2,1H3,(H,12,16). The first-order valence-corrected chi connectivity index (χ1v) is 5.64. The van der Waals surface area contributed by atoms with Crippen LogP contribution >= 0.6 is 0 Å². The lowest BCUT2D eigenvalue weighted by molar-refractivity contribution is 0.0862. The van der Waals surface area contributed by atoms with E-state index >= 15 is 0 Å². The topological polar surface area (TPSA) is 67.2 Å². The van der Waals surface area contributed by atoms with Gasteiger partial charge < -0.3 is 10.4 Å². The van der Waals surface area contributed by atoms with E-state index < -0.39 is 0 Å². The summed E-state index contributed by atoms with van der Waals surface area (Å²) in [6.45, 7) is 0. The molecule has 1 amide bonds. The molecule has 88 valence electrons. The molecular weight excluding hydrogens is 206 g/mol. The van der Waals surface area contributed by atoms with Crippen molar-refractivity contribution in [1.82, 2.24) is 15.1 Å². The molecular formula is C11H17N3O2. The predicted molar refractivity (Wildman–Crippen MR) is 58.9 cm³/mol. The molecule has 1 aliphatic rings. The van der Waals surface area contributed by atoms with Crippen molar-refractivity contribution in [1.29, 1.82) is 0 Å². The van der Waals surface area contributed by atoms with Gasteiger partial charge in [0.15, 0.2) is 0 Å². The fourth-order valence-corrected chi connectivity index (χ4v) is 2.02. The highest BCUT2D eigenvalue weighted by Gasteiger charge is 2.21. The highest BCUT2D eigenvalue weighted by atomic mass is 16.3. The van der Waals surface area contributed by atoms with Crippen LogP contribution in [0.3, 0.4) is 0 Å². The fourth-order valence-electron chi connectivity index (χ4n) is 2.02. The van der Waals surface area contributed by atoms with E-state index in [0.29, 0.717) is 5.69 Å². The Morgan fingerprint density at radius 2 is 2.19 bits per heavy atom. The Balaban J connectivity index is 1.88. The Morgan fingerprint density at radius 1 is 1.50 bits per heavy atom. The van der Waals surface area contributed by atoms with Crippen LogP contribution in [0.1, 0.15) is 36.2 Å². The molecule has 0 unspecified atom stereocenters. The van der Waals surface area contributed by atoms with Crippen LogP contribution < -0.4 is 5.32 Å². The molecule has 1 aliphatic carbocycles. The SMILES string of the molecule is Cn1ccc(C(=O)NC2CCC(O)CC2)n1. The van der Waals surface area contributed by atoms with Crippen molar-refractivity contribution in [3.63, 3.8) is 0 Å². The number of aryl methyl sites for hydroxylation is 1. The lowest BCUT2D eigenvalue weighted by Gasteiger charge is -2.25. The van der Waals surface area contributed by atoms with Crippen LogP contribution in [0, 0.1) is 0 Å². The summed E-state index contributed by atoms with van der Waals surface area (Å²) >= 11 is 0. The van der Waals surface area contributed by atoms with Crippen LogP contribution in [0.4, 0.5) is 0 Å². The molecule has 16 heavy (non-hydrogen) atoms. The number of hydrogen-bond acceptors (Lipinski definition) is 3. The van der Waals surface area contributed by atoms with Gasteiger partial charge >= 0.3 is 0 Å². The monoisotopic (exact) mass is 223 g/mol. The Hall–Kier alpha value is -1.36. The van der Waals surface area contributed by atoms with Gasteiger partial charge in [0, 0.05) is 19.3 Å². The molecule has 1 fully saturated rings. The molecule has 1 aromatic heterocycles. The van der Waals surface area contributed by atoms with Gasteiger partial charge in [0.05, 0.1) is 6.10 Å². The van der Waals surface area contributed by atoms with Gasteiger partial charge in [-0.2, -0.15) is 5.10 Å². The van der Waals surface area contributed by atoms with Crippen molar-refractivity contribution < 1.29 is 9.90 Å². The predicted octanol–water partition coefficient (Wildman–Crippen LogP) is 0.453. The summed E-state index contributed by atoms with van der Waals surface area (Å²) in [7, 11) is 1.79. The van der Waals surface area contributed by atoms with Crippen LogP contribution in [-0.2, 0) is 7.05 Å². The number of carbonyl (C=O) groups is 1. The number of carbonyl (C=O) groups excluding carboxylic acids is 1. The molecule has 0 aromatic carbocycles. The second-order valence-electron chi connectivity index (χ2n) is 4.35. The first-order valence-electron chi connectivity index (χ1n) is 5.64. The fraction of sp³-hybridized carbons (Fsp3) is 0.636. The minimum absolute atomic E-state index is 0.123. The quantitative estimate of drug-likeness (QED) is 0.765. The van der Waals surface area contributed by atoms with Gasteiger partial charge in [0.1, 0.15) is 5.69 Å². The van der Waals surface area contributed by atoms with Gasteiger partial charge in [-0.05, 0) is 31.7 Å². The van der Waals surface area contributed by atoms with Crippen LogP contribution in [0.5, 0.6) is 0 Å². The number of nitrogens with zero attached hydrogens (tertiary/aromatic N) is 2. The lowest BCUT2D eigenvalue weighted by Crippen LogP contribution is -2.38. The zero-order chi connectivity index (χ0) is 11.5. The third kappa shape index (κ3) is 2.61. The van der Waals surface area contributed by atoms with Crippen molar-refractivity contribution in [3.8, 4) is 0 Å². The molecule has 5 heteroatoms. The van der Waals surface area contributed by atoms with E-state index in [2.05, 4.69) is 10.4 Å². The lowest BCUT2D eigenvalue weighted by atomic mass is 9.93.